The third-order valence-electron chi connectivity index (χ3n) is 10.1. The first-order valence-electron chi connectivity index (χ1n) is 16.5. The molecule has 2 atom stereocenters. The Hall–Kier alpha value is -5.09. The number of ether oxygens (including phenoxy) is 7. The number of hydrogen-bond donors (Lipinski definition) is 0. The Bertz CT molecular complexity index is 1870. The first-order chi connectivity index (χ1) is 23.9. The van der Waals surface area contributed by atoms with Crippen LogP contribution in [0.5, 0.6) is 51.7 Å². The van der Waals surface area contributed by atoms with Crippen molar-refractivity contribution in [1.29, 1.82) is 0 Å². The standard InChI is InChI=1S/C39H42N2O8/c1-40-15-14-27-28-21-34(45-4)37(46-5)36(27)49-39-35-25(20-33(44-3)38(39)47-6)13-16-41(22-42)30(35)18-24-9-12-31(43-2)32(19-24)48-26-10-7-23(8-11-26)17-29(28)40/h7-12,19-22,29-30H,13-18H2,1-6H3. The zero-order valence-electron chi connectivity index (χ0n) is 28.8. The predicted octanol–water partition coefficient (Wildman–Crippen LogP) is 6.70. The van der Waals surface area contributed by atoms with Crippen LogP contribution in [0.2, 0.25) is 0 Å². The van der Waals surface area contributed by atoms with Crippen LogP contribution in [0.3, 0.4) is 0 Å². The van der Waals surface area contributed by atoms with E-state index < -0.39 is 0 Å². The van der Waals surface area contributed by atoms with Crippen LogP contribution in [0.1, 0.15) is 45.5 Å². The van der Waals surface area contributed by atoms with Crippen molar-refractivity contribution in [2.24, 2.45) is 0 Å². The van der Waals surface area contributed by atoms with Crippen LogP contribution >= 0.6 is 0 Å². The molecule has 8 bridgehead atoms. The summed E-state index contributed by atoms with van der Waals surface area (Å²) >= 11 is 0. The van der Waals surface area contributed by atoms with Crippen molar-refractivity contribution < 1.29 is 38.0 Å². The Morgan fingerprint density at radius 2 is 1.37 bits per heavy atom. The van der Waals surface area contributed by atoms with Gasteiger partial charge in [0.25, 0.3) is 0 Å². The lowest BCUT2D eigenvalue weighted by atomic mass is 9.86. The zero-order chi connectivity index (χ0) is 34.2. The minimum absolute atomic E-state index is 0.0350. The van der Waals surface area contributed by atoms with Gasteiger partial charge >= 0.3 is 0 Å². The summed E-state index contributed by atoms with van der Waals surface area (Å²) in [5.74, 6) is 5.03. The van der Waals surface area contributed by atoms with Gasteiger partial charge in [-0.25, -0.2) is 0 Å². The normalized spacial score (nSPS) is 18.2. The van der Waals surface area contributed by atoms with Gasteiger partial charge in [0.2, 0.25) is 17.9 Å². The molecular weight excluding hydrogens is 624 g/mol. The number of fused-ring (bicyclic) bond motifs is 2. The molecule has 0 fully saturated rings. The first kappa shape index (κ1) is 32.5. The molecule has 0 radical (unpaired) electrons. The Labute approximate surface area is 287 Å². The highest BCUT2D eigenvalue weighted by atomic mass is 16.6. The predicted molar refractivity (Wildman–Crippen MR) is 184 cm³/mol. The SMILES string of the molecule is COc1ccc2cc1Oc1ccc(cc1)CC1c3cc(OC)c(OC)c(c3CCN1C)Oc1c(OC)c(OC)cc3c1C(C2)N(C=O)CC3. The average molecular weight is 667 g/mol. The molecule has 4 aliphatic rings. The maximum Gasteiger partial charge on any atom is 0.210 e. The van der Waals surface area contributed by atoms with Crippen molar-refractivity contribution in [1.82, 2.24) is 9.80 Å². The molecule has 0 saturated carbocycles. The molecule has 4 aromatic carbocycles. The largest absolute Gasteiger partial charge is 0.493 e. The van der Waals surface area contributed by atoms with Crippen LogP contribution in [-0.2, 0) is 30.5 Å². The second-order valence-corrected chi connectivity index (χ2v) is 12.6. The Balaban J connectivity index is 1.52. The van der Waals surface area contributed by atoms with E-state index in [-0.39, 0.29) is 12.1 Å². The zero-order valence-corrected chi connectivity index (χ0v) is 28.8. The van der Waals surface area contributed by atoms with E-state index in [1.807, 2.05) is 41.3 Å². The number of benzene rings is 4. The van der Waals surface area contributed by atoms with Gasteiger partial charge in [0.05, 0.1) is 41.6 Å². The average Bonchev–Trinajstić information content (AvgIpc) is 3.12. The summed E-state index contributed by atoms with van der Waals surface area (Å²) in [7, 11) is 10.3. The molecule has 0 saturated heterocycles. The van der Waals surface area contributed by atoms with Gasteiger partial charge in [0.15, 0.2) is 34.5 Å². The van der Waals surface area contributed by atoms with Crippen LogP contribution in [0.25, 0.3) is 0 Å². The number of rotatable bonds is 6. The number of nitrogens with zero attached hydrogens (tertiary/aromatic N) is 2. The first-order valence-corrected chi connectivity index (χ1v) is 16.5. The van der Waals surface area contributed by atoms with Crippen molar-refractivity contribution in [2.45, 2.75) is 37.8 Å². The van der Waals surface area contributed by atoms with Gasteiger partial charge in [-0.3, -0.25) is 9.69 Å². The molecular formula is C39H42N2O8. The summed E-state index contributed by atoms with van der Waals surface area (Å²) in [6.07, 6.45) is 3.51. The highest BCUT2D eigenvalue weighted by Crippen LogP contribution is 2.54. The summed E-state index contributed by atoms with van der Waals surface area (Å²) in [5.41, 5.74) is 6.14. The van der Waals surface area contributed by atoms with Gasteiger partial charge in [0, 0.05) is 30.3 Å². The molecule has 0 aliphatic carbocycles. The van der Waals surface area contributed by atoms with Crippen molar-refractivity contribution in [3.63, 3.8) is 0 Å². The fraction of sp³-hybridized carbons (Fsp3) is 0.359. The van der Waals surface area contributed by atoms with Crippen molar-refractivity contribution in [3.05, 3.63) is 88.0 Å². The lowest BCUT2D eigenvalue weighted by Crippen LogP contribution is -2.36. The molecule has 4 aliphatic heterocycles. The smallest absolute Gasteiger partial charge is 0.210 e. The Morgan fingerprint density at radius 3 is 2.06 bits per heavy atom. The van der Waals surface area contributed by atoms with Crippen LogP contribution in [-0.4, -0.2) is 71.9 Å². The molecule has 0 spiro atoms. The van der Waals surface area contributed by atoms with Crippen LogP contribution < -0.4 is 33.2 Å². The van der Waals surface area contributed by atoms with E-state index in [2.05, 4.69) is 30.1 Å². The van der Waals surface area contributed by atoms with E-state index in [4.69, 9.17) is 33.2 Å². The third-order valence-corrected chi connectivity index (χ3v) is 10.1. The number of methoxy groups -OCH3 is 5. The monoisotopic (exact) mass is 666 g/mol. The summed E-state index contributed by atoms with van der Waals surface area (Å²) in [6.45, 7) is 1.35. The maximum atomic E-state index is 12.7. The topological polar surface area (TPSA) is 88.2 Å². The van der Waals surface area contributed by atoms with E-state index in [0.29, 0.717) is 71.1 Å². The lowest BCUT2D eigenvalue weighted by molar-refractivity contribution is -0.120. The molecule has 0 N–H and O–H groups in total. The van der Waals surface area contributed by atoms with Crippen LogP contribution in [0.15, 0.2) is 54.6 Å². The van der Waals surface area contributed by atoms with Gasteiger partial charge in [-0.2, -0.15) is 0 Å². The Morgan fingerprint density at radius 1 is 0.694 bits per heavy atom. The van der Waals surface area contributed by atoms with E-state index in [0.717, 1.165) is 59.2 Å². The van der Waals surface area contributed by atoms with Crippen LogP contribution in [0.4, 0.5) is 0 Å². The summed E-state index contributed by atoms with van der Waals surface area (Å²) in [4.78, 5) is 16.9. The van der Waals surface area contributed by atoms with E-state index in [1.165, 1.54) is 0 Å². The van der Waals surface area contributed by atoms with Crippen molar-refractivity contribution in [3.8, 4) is 51.7 Å². The number of likely N-dealkylation sites (N-methyl/N-ethyl adjacent to an activating group) is 1. The molecule has 10 heteroatoms. The van der Waals surface area contributed by atoms with Gasteiger partial charge in [-0.05, 0) is 91.4 Å². The second kappa shape index (κ2) is 13.4. The van der Waals surface area contributed by atoms with E-state index in [9.17, 15) is 4.79 Å². The summed E-state index contributed by atoms with van der Waals surface area (Å²) in [6, 6.07) is 17.8. The highest BCUT2D eigenvalue weighted by Gasteiger charge is 2.37. The van der Waals surface area contributed by atoms with Gasteiger partial charge in [-0.15, -0.1) is 0 Å². The van der Waals surface area contributed by atoms with Crippen molar-refractivity contribution >= 4 is 6.41 Å². The van der Waals surface area contributed by atoms with Crippen LogP contribution in [0, 0.1) is 0 Å². The number of carbonyl (C=O) groups is 1. The molecule has 10 nitrogen and oxygen atoms in total. The molecule has 4 aromatic rings. The summed E-state index contributed by atoms with van der Waals surface area (Å²) < 4.78 is 43.2. The lowest BCUT2D eigenvalue weighted by Gasteiger charge is -2.38. The molecule has 0 aromatic heterocycles. The molecule has 8 rings (SSSR count). The molecule has 256 valence electrons. The van der Waals surface area contributed by atoms with Crippen molar-refractivity contribution in [2.75, 3.05) is 55.7 Å². The minimum Gasteiger partial charge on any atom is -0.493 e. The maximum absolute atomic E-state index is 12.7. The number of hydrogen-bond acceptors (Lipinski definition) is 9. The molecule has 2 unspecified atom stereocenters. The van der Waals surface area contributed by atoms with E-state index in [1.54, 1.807) is 35.5 Å². The highest BCUT2D eigenvalue weighted by molar-refractivity contribution is 5.68. The fourth-order valence-electron chi connectivity index (χ4n) is 7.54. The van der Waals surface area contributed by atoms with Gasteiger partial charge in [0.1, 0.15) is 5.75 Å². The minimum atomic E-state index is -0.387. The molecule has 49 heavy (non-hydrogen) atoms. The summed E-state index contributed by atoms with van der Waals surface area (Å²) in [5, 5.41) is 0. The second-order valence-electron chi connectivity index (χ2n) is 12.6. The number of carbonyl (C=O) groups excluding carboxylic acids is 1. The van der Waals surface area contributed by atoms with Gasteiger partial charge < -0.3 is 38.1 Å². The van der Waals surface area contributed by atoms with E-state index >= 15 is 0 Å². The molecule has 4 heterocycles. The third kappa shape index (κ3) is 5.73. The Kier molecular flexibility index (Phi) is 8.90. The van der Waals surface area contributed by atoms with Gasteiger partial charge in [-0.1, -0.05) is 18.2 Å². The quantitative estimate of drug-likeness (QED) is 0.209. The molecule has 1 amide bonds. The fourth-order valence-corrected chi connectivity index (χ4v) is 7.54. The number of amides is 1.